The van der Waals surface area contributed by atoms with Crippen molar-refractivity contribution in [2.24, 2.45) is 5.92 Å². The highest BCUT2D eigenvalue weighted by Gasteiger charge is 2.23. The second-order valence-electron chi connectivity index (χ2n) is 5.99. The van der Waals surface area contributed by atoms with Gasteiger partial charge in [-0.3, -0.25) is 0 Å². The molecule has 0 amide bonds. The molecule has 0 spiro atoms. The maximum atomic E-state index is 5.33. The molecule has 1 unspecified atom stereocenters. The topological polar surface area (TPSA) is 24.5 Å². The van der Waals surface area contributed by atoms with E-state index in [2.05, 4.69) is 52.1 Å². The van der Waals surface area contributed by atoms with E-state index in [1.807, 2.05) is 6.07 Å². The third-order valence-electron chi connectivity index (χ3n) is 4.38. The Balaban J connectivity index is 1.90. The first-order chi connectivity index (χ1) is 10.1. The van der Waals surface area contributed by atoms with Crippen molar-refractivity contribution < 1.29 is 4.74 Å². The van der Waals surface area contributed by atoms with Crippen molar-refractivity contribution in [2.75, 3.05) is 32.1 Å². The molecule has 1 heterocycles. The molecule has 1 aliphatic rings. The molecule has 2 rings (SSSR count). The monoisotopic (exact) mass is 354 g/mol. The maximum Gasteiger partial charge on any atom is 0.122 e. The molecule has 118 valence electrons. The van der Waals surface area contributed by atoms with Gasteiger partial charge < -0.3 is 15.0 Å². The molecule has 1 fully saturated rings. The zero-order chi connectivity index (χ0) is 15.2. The summed E-state index contributed by atoms with van der Waals surface area (Å²) in [6.07, 6.45) is 3.84. The number of hydrogen-bond acceptors (Lipinski definition) is 3. The molecular formula is C17H27BrN2O. The van der Waals surface area contributed by atoms with Gasteiger partial charge in [-0.15, -0.1) is 0 Å². The van der Waals surface area contributed by atoms with Crippen molar-refractivity contribution >= 4 is 21.6 Å². The van der Waals surface area contributed by atoms with Gasteiger partial charge in [0, 0.05) is 22.3 Å². The van der Waals surface area contributed by atoms with E-state index in [0.29, 0.717) is 6.04 Å². The summed E-state index contributed by atoms with van der Waals surface area (Å²) in [6.45, 7) is 8.29. The Hall–Kier alpha value is -0.740. The molecule has 1 aromatic rings. The van der Waals surface area contributed by atoms with Gasteiger partial charge in [-0.1, -0.05) is 22.9 Å². The first-order valence-electron chi connectivity index (χ1n) is 7.96. The van der Waals surface area contributed by atoms with E-state index in [1.165, 1.54) is 38.9 Å². The Labute approximate surface area is 137 Å². The van der Waals surface area contributed by atoms with Gasteiger partial charge in [-0.05, 0) is 63.9 Å². The van der Waals surface area contributed by atoms with E-state index >= 15 is 0 Å². The molecule has 1 aliphatic heterocycles. The van der Waals surface area contributed by atoms with Crippen LogP contribution in [0.3, 0.4) is 0 Å². The number of halogens is 1. The van der Waals surface area contributed by atoms with Crippen molar-refractivity contribution in [3.8, 4) is 5.75 Å². The fraction of sp³-hybridized carbons (Fsp3) is 0.647. The third-order valence-corrected chi connectivity index (χ3v) is 4.84. The molecular weight excluding hydrogens is 328 g/mol. The van der Waals surface area contributed by atoms with Crippen molar-refractivity contribution in [1.29, 1.82) is 0 Å². The number of methoxy groups -OCH3 is 1. The molecule has 21 heavy (non-hydrogen) atoms. The molecule has 4 heteroatoms. The predicted molar refractivity (Wildman–Crippen MR) is 93.2 cm³/mol. The molecule has 0 saturated carbocycles. The lowest BCUT2D eigenvalue weighted by Crippen LogP contribution is -2.39. The fourth-order valence-corrected chi connectivity index (χ4v) is 3.61. The minimum Gasteiger partial charge on any atom is -0.497 e. The van der Waals surface area contributed by atoms with E-state index < -0.39 is 0 Å². The number of likely N-dealkylation sites (tertiary alicyclic amines) is 1. The van der Waals surface area contributed by atoms with Crippen LogP contribution in [0.15, 0.2) is 22.7 Å². The minimum atomic E-state index is 0.493. The van der Waals surface area contributed by atoms with Gasteiger partial charge in [0.2, 0.25) is 0 Å². The van der Waals surface area contributed by atoms with Crippen LogP contribution in [0.4, 0.5) is 5.69 Å². The second kappa shape index (κ2) is 8.04. The van der Waals surface area contributed by atoms with Gasteiger partial charge in [-0.25, -0.2) is 0 Å². The first-order valence-corrected chi connectivity index (χ1v) is 8.75. The maximum absolute atomic E-state index is 5.33. The molecule has 0 bridgehead atoms. The normalized spacial score (nSPS) is 18.5. The lowest BCUT2D eigenvalue weighted by atomic mass is 9.90. The van der Waals surface area contributed by atoms with E-state index in [1.54, 1.807) is 7.11 Å². The molecule has 0 radical (unpaired) electrons. The summed E-state index contributed by atoms with van der Waals surface area (Å²) in [5.74, 6) is 1.64. The molecule has 1 aromatic carbocycles. The third kappa shape index (κ3) is 4.89. The Kier molecular flexibility index (Phi) is 6.37. The Morgan fingerprint density at radius 3 is 2.67 bits per heavy atom. The highest BCUT2D eigenvalue weighted by atomic mass is 79.9. The lowest BCUT2D eigenvalue weighted by molar-refractivity contribution is 0.176. The predicted octanol–water partition coefficient (Wildman–Crippen LogP) is 4.38. The summed E-state index contributed by atoms with van der Waals surface area (Å²) in [6, 6.07) is 6.66. The number of anilines is 1. The van der Waals surface area contributed by atoms with Crippen molar-refractivity contribution in [3.05, 3.63) is 22.7 Å². The van der Waals surface area contributed by atoms with Crippen LogP contribution in [0.2, 0.25) is 0 Å². The van der Waals surface area contributed by atoms with E-state index in [4.69, 9.17) is 4.74 Å². The largest absolute Gasteiger partial charge is 0.497 e. The van der Waals surface area contributed by atoms with Gasteiger partial charge in [0.1, 0.15) is 5.75 Å². The van der Waals surface area contributed by atoms with E-state index in [-0.39, 0.29) is 0 Å². The van der Waals surface area contributed by atoms with E-state index in [9.17, 15) is 0 Å². The average molecular weight is 355 g/mol. The molecule has 0 aliphatic carbocycles. The smallest absolute Gasteiger partial charge is 0.122 e. The van der Waals surface area contributed by atoms with Crippen molar-refractivity contribution in [3.63, 3.8) is 0 Å². The molecule has 1 N–H and O–H groups in total. The summed E-state index contributed by atoms with van der Waals surface area (Å²) < 4.78 is 6.38. The summed E-state index contributed by atoms with van der Waals surface area (Å²) in [5.41, 5.74) is 1.13. The van der Waals surface area contributed by atoms with Crippen LogP contribution in [0, 0.1) is 5.92 Å². The van der Waals surface area contributed by atoms with E-state index in [0.717, 1.165) is 21.8 Å². The van der Waals surface area contributed by atoms with Gasteiger partial charge in [0.05, 0.1) is 7.11 Å². The van der Waals surface area contributed by atoms with Gasteiger partial charge in [0.25, 0.3) is 0 Å². The zero-order valence-corrected chi connectivity index (χ0v) is 14.9. The number of nitrogens with zero attached hydrogens (tertiary/aromatic N) is 1. The van der Waals surface area contributed by atoms with Crippen LogP contribution >= 0.6 is 15.9 Å². The SMILES string of the molecule is CCCN1CCC(C(C)Nc2cc(Br)cc(OC)c2)CC1. The molecule has 1 saturated heterocycles. The van der Waals surface area contributed by atoms with Crippen molar-refractivity contribution in [2.45, 2.75) is 39.2 Å². The number of piperidine rings is 1. The summed E-state index contributed by atoms with van der Waals surface area (Å²) in [7, 11) is 1.71. The van der Waals surface area contributed by atoms with Gasteiger partial charge >= 0.3 is 0 Å². The number of ether oxygens (including phenoxy) is 1. The summed E-state index contributed by atoms with van der Waals surface area (Å²) in [4.78, 5) is 2.59. The average Bonchev–Trinajstić information content (AvgIpc) is 2.47. The number of nitrogens with one attached hydrogen (secondary N) is 1. The van der Waals surface area contributed by atoms with Crippen LogP contribution in [0.25, 0.3) is 0 Å². The minimum absolute atomic E-state index is 0.493. The highest BCUT2D eigenvalue weighted by molar-refractivity contribution is 9.10. The van der Waals surface area contributed by atoms with Crippen LogP contribution in [0.5, 0.6) is 5.75 Å². The zero-order valence-electron chi connectivity index (χ0n) is 13.4. The second-order valence-corrected chi connectivity index (χ2v) is 6.91. The number of hydrogen-bond donors (Lipinski definition) is 1. The Morgan fingerprint density at radius 1 is 1.33 bits per heavy atom. The van der Waals surface area contributed by atoms with Gasteiger partial charge in [-0.2, -0.15) is 0 Å². The molecule has 0 aromatic heterocycles. The van der Waals surface area contributed by atoms with Gasteiger partial charge in [0.15, 0.2) is 0 Å². The van der Waals surface area contributed by atoms with Crippen LogP contribution < -0.4 is 10.1 Å². The Bertz CT molecular complexity index is 444. The van der Waals surface area contributed by atoms with Crippen LogP contribution in [-0.4, -0.2) is 37.7 Å². The quantitative estimate of drug-likeness (QED) is 0.820. The summed E-state index contributed by atoms with van der Waals surface area (Å²) in [5, 5.41) is 3.65. The Morgan fingerprint density at radius 2 is 2.05 bits per heavy atom. The number of benzene rings is 1. The van der Waals surface area contributed by atoms with Crippen molar-refractivity contribution in [1.82, 2.24) is 4.90 Å². The first kappa shape index (κ1) is 16.6. The summed E-state index contributed by atoms with van der Waals surface area (Å²) >= 11 is 3.54. The highest BCUT2D eigenvalue weighted by Crippen LogP contribution is 2.28. The fourth-order valence-electron chi connectivity index (χ4n) is 3.14. The standard InChI is InChI=1S/C17H27BrN2O/c1-4-7-20-8-5-14(6-9-20)13(2)19-16-10-15(18)11-17(12-16)21-3/h10-14,19H,4-9H2,1-3H3. The molecule has 1 atom stereocenters. The molecule has 3 nitrogen and oxygen atoms in total. The van der Waals surface area contributed by atoms with Crippen LogP contribution in [0.1, 0.15) is 33.1 Å². The lowest BCUT2D eigenvalue weighted by Gasteiger charge is -2.35. The van der Waals surface area contributed by atoms with Crippen LogP contribution in [-0.2, 0) is 0 Å². The number of rotatable bonds is 6.